The highest BCUT2D eigenvalue weighted by atomic mass is 16.5. The van der Waals surface area contributed by atoms with E-state index < -0.39 is 0 Å². The topological polar surface area (TPSA) is 40.5 Å². The van der Waals surface area contributed by atoms with Crippen molar-refractivity contribution in [2.75, 3.05) is 14.2 Å². The number of nitrogens with zero attached hydrogens (tertiary/aromatic N) is 1. The SMILES string of the molecule is CCc1c(C(=O)OC)n(C)c2ccc(OC)cc12. The van der Waals surface area contributed by atoms with Crippen molar-refractivity contribution in [3.05, 3.63) is 29.5 Å². The second kappa shape index (κ2) is 4.72. The summed E-state index contributed by atoms with van der Waals surface area (Å²) in [6.07, 6.45) is 0.773. The van der Waals surface area contributed by atoms with Crippen LogP contribution in [0, 0.1) is 0 Å². The number of aromatic nitrogens is 1. The quantitative estimate of drug-likeness (QED) is 0.782. The van der Waals surface area contributed by atoms with Crippen LogP contribution < -0.4 is 4.74 Å². The van der Waals surface area contributed by atoms with Gasteiger partial charge in [0.15, 0.2) is 0 Å². The van der Waals surface area contributed by atoms with Crippen LogP contribution in [0.1, 0.15) is 23.0 Å². The van der Waals surface area contributed by atoms with Gasteiger partial charge in [-0.15, -0.1) is 0 Å². The molecule has 0 aliphatic carbocycles. The van der Waals surface area contributed by atoms with Gasteiger partial charge in [-0.3, -0.25) is 0 Å². The molecule has 0 atom stereocenters. The van der Waals surface area contributed by atoms with Crippen LogP contribution in [0.3, 0.4) is 0 Å². The van der Waals surface area contributed by atoms with Gasteiger partial charge in [0, 0.05) is 18.0 Å². The fourth-order valence-corrected chi connectivity index (χ4v) is 2.34. The minimum atomic E-state index is -0.301. The standard InChI is InChI=1S/C14H17NO3/c1-5-10-11-8-9(17-3)6-7-12(11)15(2)13(10)14(16)18-4/h6-8H,5H2,1-4H3. The minimum Gasteiger partial charge on any atom is -0.497 e. The molecule has 4 heteroatoms. The van der Waals surface area contributed by atoms with Gasteiger partial charge in [-0.05, 0) is 30.2 Å². The summed E-state index contributed by atoms with van der Waals surface area (Å²) in [4.78, 5) is 11.9. The molecule has 1 heterocycles. The molecular formula is C14H17NO3. The number of methoxy groups -OCH3 is 2. The normalized spacial score (nSPS) is 10.7. The van der Waals surface area contributed by atoms with E-state index in [4.69, 9.17) is 9.47 Å². The summed E-state index contributed by atoms with van der Waals surface area (Å²) in [7, 11) is 4.91. The highest BCUT2D eigenvalue weighted by Gasteiger charge is 2.20. The Bertz CT molecular complexity index is 599. The number of rotatable bonds is 3. The van der Waals surface area contributed by atoms with Crippen LogP contribution in [0.25, 0.3) is 10.9 Å². The summed E-state index contributed by atoms with van der Waals surface area (Å²) in [5.41, 5.74) is 2.62. The zero-order valence-electron chi connectivity index (χ0n) is 11.1. The van der Waals surface area contributed by atoms with E-state index in [1.54, 1.807) is 7.11 Å². The Hall–Kier alpha value is -1.97. The molecule has 1 aromatic heterocycles. The van der Waals surface area contributed by atoms with Crippen LogP contribution in [0.4, 0.5) is 0 Å². The number of hydrogen-bond donors (Lipinski definition) is 0. The molecule has 0 amide bonds. The smallest absolute Gasteiger partial charge is 0.354 e. The van der Waals surface area contributed by atoms with Gasteiger partial charge in [0.2, 0.25) is 0 Å². The molecule has 0 saturated carbocycles. The number of benzene rings is 1. The number of esters is 1. The molecule has 2 aromatic rings. The average molecular weight is 247 g/mol. The first kappa shape index (κ1) is 12.5. The van der Waals surface area contributed by atoms with E-state index in [-0.39, 0.29) is 5.97 Å². The maximum atomic E-state index is 11.9. The molecule has 96 valence electrons. The van der Waals surface area contributed by atoms with E-state index in [1.165, 1.54) is 7.11 Å². The Labute approximate surface area is 106 Å². The molecule has 0 saturated heterocycles. The molecule has 1 aromatic carbocycles. The molecule has 0 N–H and O–H groups in total. The van der Waals surface area contributed by atoms with Crippen LogP contribution in [-0.2, 0) is 18.2 Å². The number of carbonyl (C=O) groups excluding carboxylic acids is 1. The van der Waals surface area contributed by atoms with E-state index >= 15 is 0 Å². The first-order valence-corrected chi connectivity index (χ1v) is 5.87. The number of fused-ring (bicyclic) bond motifs is 1. The van der Waals surface area contributed by atoms with Crippen molar-refractivity contribution in [1.29, 1.82) is 0 Å². The van der Waals surface area contributed by atoms with E-state index in [0.717, 1.165) is 28.6 Å². The number of hydrogen-bond acceptors (Lipinski definition) is 3. The summed E-state index contributed by atoms with van der Waals surface area (Å²) in [6, 6.07) is 5.81. The Balaban J connectivity index is 2.79. The summed E-state index contributed by atoms with van der Waals surface area (Å²) in [6.45, 7) is 2.03. The Morgan fingerprint density at radius 1 is 1.33 bits per heavy atom. The van der Waals surface area contributed by atoms with Gasteiger partial charge in [-0.25, -0.2) is 4.79 Å². The van der Waals surface area contributed by atoms with Crippen molar-refractivity contribution in [3.8, 4) is 5.75 Å². The van der Waals surface area contributed by atoms with Crippen LogP contribution in [-0.4, -0.2) is 24.8 Å². The molecule has 0 aliphatic heterocycles. The minimum absolute atomic E-state index is 0.301. The van der Waals surface area contributed by atoms with Gasteiger partial charge in [0.25, 0.3) is 0 Å². The van der Waals surface area contributed by atoms with Gasteiger partial charge in [-0.1, -0.05) is 6.92 Å². The van der Waals surface area contributed by atoms with E-state index in [0.29, 0.717) is 5.69 Å². The molecule has 0 radical (unpaired) electrons. The monoisotopic (exact) mass is 247 g/mol. The second-order valence-electron chi connectivity index (χ2n) is 4.11. The molecule has 0 fully saturated rings. The third-order valence-corrected chi connectivity index (χ3v) is 3.24. The molecular weight excluding hydrogens is 230 g/mol. The Morgan fingerprint density at radius 3 is 2.61 bits per heavy atom. The van der Waals surface area contributed by atoms with Gasteiger partial charge in [0.1, 0.15) is 11.4 Å². The second-order valence-corrected chi connectivity index (χ2v) is 4.11. The first-order valence-electron chi connectivity index (χ1n) is 5.87. The molecule has 0 spiro atoms. The zero-order valence-corrected chi connectivity index (χ0v) is 11.1. The number of carbonyl (C=O) groups is 1. The van der Waals surface area contributed by atoms with Gasteiger partial charge >= 0.3 is 5.97 Å². The third kappa shape index (κ3) is 1.74. The third-order valence-electron chi connectivity index (χ3n) is 3.24. The average Bonchev–Trinajstić information content (AvgIpc) is 2.69. The molecule has 0 aliphatic rings. The Morgan fingerprint density at radius 2 is 2.06 bits per heavy atom. The molecule has 0 bridgehead atoms. The number of ether oxygens (including phenoxy) is 2. The lowest BCUT2D eigenvalue weighted by molar-refractivity contribution is 0.0589. The maximum Gasteiger partial charge on any atom is 0.354 e. The predicted octanol–water partition coefficient (Wildman–Crippen LogP) is 2.54. The van der Waals surface area contributed by atoms with Crippen LogP contribution in [0.5, 0.6) is 5.75 Å². The molecule has 2 rings (SSSR count). The van der Waals surface area contributed by atoms with Gasteiger partial charge in [-0.2, -0.15) is 0 Å². The highest BCUT2D eigenvalue weighted by Crippen LogP contribution is 2.29. The zero-order chi connectivity index (χ0) is 13.3. The summed E-state index contributed by atoms with van der Waals surface area (Å²) < 4.78 is 12.0. The summed E-state index contributed by atoms with van der Waals surface area (Å²) in [5.74, 6) is 0.490. The number of aryl methyl sites for hydroxylation is 2. The Kier molecular flexibility index (Phi) is 3.28. The van der Waals surface area contributed by atoms with Gasteiger partial charge in [0.05, 0.1) is 14.2 Å². The first-order chi connectivity index (χ1) is 8.63. The lowest BCUT2D eigenvalue weighted by Crippen LogP contribution is -2.09. The lowest BCUT2D eigenvalue weighted by atomic mass is 10.1. The molecule has 0 unspecified atom stereocenters. The lowest BCUT2D eigenvalue weighted by Gasteiger charge is -2.03. The van der Waals surface area contributed by atoms with E-state index in [1.807, 2.05) is 36.7 Å². The van der Waals surface area contributed by atoms with E-state index in [9.17, 15) is 4.79 Å². The van der Waals surface area contributed by atoms with Crippen molar-refractivity contribution in [3.63, 3.8) is 0 Å². The van der Waals surface area contributed by atoms with Gasteiger partial charge < -0.3 is 14.0 Å². The van der Waals surface area contributed by atoms with Crippen molar-refractivity contribution < 1.29 is 14.3 Å². The van der Waals surface area contributed by atoms with Crippen LogP contribution in [0.15, 0.2) is 18.2 Å². The largest absolute Gasteiger partial charge is 0.497 e. The predicted molar refractivity (Wildman–Crippen MR) is 70.2 cm³/mol. The summed E-state index contributed by atoms with van der Waals surface area (Å²) >= 11 is 0. The van der Waals surface area contributed by atoms with E-state index in [2.05, 4.69) is 0 Å². The van der Waals surface area contributed by atoms with Crippen molar-refractivity contribution in [2.45, 2.75) is 13.3 Å². The fourth-order valence-electron chi connectivity index (χ4n) is 2.34. The van der Waals surface area contributed by atoms with Crippen LogP contribution >= 0.6 is 0 Å². The van der Waals surface area contributed by atoms with Crippen molar-refractivity contribution in [1.82, 2.24) is 4.57 Å². The van der Waals surface area contributed by atoms with Crippen LogP contribution in [0.2, 0.25) is 0 Å². The van der Waals surface area contributed by atoms with Crippen molar-refractivity contribution in [2.24, 2.45) is 7.05 Å². The summed E-state index contributed by atoms with van der Waals surface area (Å²) in [5, 5.41) is 1.04. The highest BCUT2D eigenvalue weighted by molar-refractivity contribution is 5.99. The molecule has 4 nitrogen and oxygen atoms in total. The fraction of sp³-hybridized carbons (Fsp3) is 0.357. The maximum absolute atomic E-state index is 11.9. The molecule has 18 heavy (non-hydrogen) atoms. The van der Waals surface area contributed by atoms with Crippen molar-refractivity contribution >= 4 is 16.9 Å².